The van der Waals surface area contributed by atoms with E-state index in [0.29, 0.717) is 0 Å². The van der Waals surface area contributed by atoms with Gasteiger partial charge in [-0.15, -0.1) is 0 Å². The second-order valence-electron chi connectivity index (χ2n) is 4.60. The topological polar surface area (TPSA) is 0 Å². The normalized spacial score (nSPS) is 22.4. The van der Waals surface area contributed by atoms with Crippen molar-refractivity contribution in [3.05, 3.63) is 11.6 Å². The van der Waals surface area contributed by atoms with Crippen molar-refractivity contribution in [1.29, 1.82) is 0 Å². The Morgan fingerprint density at radius 2 is 2.00 bits per heavy atom. The Kier molecular flexibility index (Phi) is 5.84. The van der Waals surface area contributed by atoms with Gasteiger partial charge in [0.2, 0.25) is 0 Å². The first kappa shape index (κ1) is 12.3. The van der Waals surface area contributed by atoms with Crippen LogP contribution in [0, 0.1) is 11.8 Å². The summed E-state index contributed by atoms with van der Waals surface area (Å²) in [5, 5.41) is 1.09. The summed E-state index contributed by atoms with van der Waals surface area (Å²) in [7, 11) is 0. The first-order valence-electron chi connectivity index (χ1n) is 6.04. The van der Waals surface area contributed by atoms with Crippen LogP contribution in [0.3, 0.4) is 0 Å². The lowest BCUT2D eigenvalue weighted by Gasteiger charge is -2.24. The van der Waals surface area contributed by atoms with E-state index < -0.39 is 0 Å². The Bertz CT molecular complexity index is 178. The van der Waals surface area contributed by atoms with E-state index in [2.05, 4.69) is 35.9 Å². The summed E-state index contributed by atoms with van der Waals surface area (Å²) in [6.07, 6.45) is 11.0. The number of rotatable bonds is 4. The van der Waals surface area contributed by atoms with E-state index in [1.807, 2.05) is 0 Å². The van der Waals surface area contributed by atoms with Gasteiger partial charge < -0.3 is 0 Å². The van der Waals surface area contributed by atoms with Crippen molar-refractivity contribution < 1.29 is 0 Å². The molecule has 1 rings (SSSR count). The fourth-order valence-electron chi connectivity index (χ4n) is 2.25. The van der Waals surface area contributed by atoms with Crippen molar-refractivity contribution in [3.63, 3.8) is 0 Å². The molecule has 1 saturated carbocycles. The van der Waals surface area contributed by atoms with Crippen LogP contribution in [0.2, 0.25) is 0 Å². The summed E-state index contributed by atoms with van der Waals surface area (Å²) in [6.45, 7) is 4.60. The Hall–Kier alpha value is 0.220. The van der Waals surface area contributed by atoms with Crippen LogP contribution in [0.1, 0.15) is 52.4 Å². The minimum atomic E-state index is 0.754. The SMILES string of the molecule is CCC(C)/C=C(/CBr)C1CCCCC1. The molecule has 0 bridgehead atoms. The van der Waals surface area contributed by atoms with Crippen molar-refractivity contribution in [2.75, 3.05) is 5.33 Å². The molecule has 1 atom stereocenters. The smallest absolute Gasteiger partial charge is 0.0244 e. The van der Waals surface area contributed by atoms with E-state index in [1.165, 1.54) is 38.5 Å². The first-order valence-corrected chi connectivity index (χ1v) is 7.16. The van der Waals surface area contributed by atoms with Gasteiger partial charge in [-0.1, -0.05) is 67.1 Å². The number of alkyl halides is 1. The molecule has 0 amide bonds. The van der Waals surface area contributed by atoms with Crippen LogP contribution in [0.4, 0.5) is 0 Å². The lowest BCUT2D eigenvalue weighted by molar-refractivity contribution is 0.401. The van der Waals surface area contributed by atoms with Crippen molar-refractivity contribution in [1.82, 2.24) is 0 Å². The minimum Gasteiger partial charge on any atom is -0.0880 e. The Morgan fingerprint density at radius 3 is 2.50 bits per heavy atom. The third-order valence-electron chi connectivity index (χ3n) is 3.43. The van der Waals surface area contributed by atoms with Gasteiger partial charge in [-0.05, 0) is 24.7 Å². The zero-order chi connectivity index (χ0) is 10.4. The maximum atomic E-state index is 3.64. The molecule has 1 heteroatoms. The van der Waals surface area contributed by atoms with E-state index in [9.17, 15) is 0 Å². The van der Waals surface area contributed by atoms with Gasteiger partial charge in [0.15, 0.2) is 0 Å². The molecule has 82 valence electrons. The largest absolute Gasteiger partial charge is 0.0880 e. The molecule has 0 heterocycles. The number of allylic oxidation sites excluding steroid dienone is 2. The molecule has 0 spiro atoms. The van der Waals surface area contributed by atoms with Gasteiger partial charge in [-0.2, -0.15) is 0 Å². The van der Waals surface area contributed by atoms with Gasteiger partial charge in [-0.25, -0.2) is 0 Å². The highest BCUT2D eigenvalue weighted by Crippen LogP contribution is 2.31. The fourth-order valence-corrected chi connectivity index (χ4v) is 2.89. The van der Waals surface area contributed by atoms with Gasteiger partial charge in [0, 0.05) is 5.33 Å². The predicted molar refractivity (Wildman–Crippen MR) is 67.9 cm³/mol. The van der Waals surface area contributed by atoms with Crippen LogP contribution in [0.15, 0.2) is 11.6 Å². The molecule has 1 aliphatic carbocycles. The van der Waals surface area contributed by atoms with Crippen LogP contribution >= 0.6 is 15.9 Å². The van der Waals surface area contributed by atoms with Crippen LogP contribution in [0.25, 0.3) is 0 Å². The van der Waals surface area contributed by atoms with Crippen LogP contribution < -0.4 is 0 Å². The third-order valence-corrected chi connectivity index (χ3v) is 4.07. The molecule has 1 unspecified atom stereocenters. The molecule has 1 aliphatic rings. The summed E-state index contributed by atoms with van der Waals surface area (Å²) in [6, 6.07) is 0. The van der Waals surface area contributed by atoms with Crippen LogP contribution in [0.5, 0.6) is 0 Å². The van der Waals surface area contributed by atoms with E-state index >= 15 is 0 Å². The zero-order valence-corrected chi connectivity index (χ0v) is 11.1. The molecule has 0 aromatic carbocycles. The van der Waals surface area contributed by atoms with Crippen molar-refractivity contribution in [2.24, 2.45) is 11.8 Å². The molecule has 0 aliphatic heterocycles. The van der Waals surface area contributed by atoms with Gasteiger partial charge in [-0.3, -0.25) is 0 Å². The molecule has 0 N–H and O–H groups in total. The quantitative estimate of drug-likeness (QED) is 0.496. The zero-order valence-electron chi connectivity index (χ0n) is 9.56. The lowest BCUT2D eigenvalue weighted by Crippen LogP contribution is -2.11. The molecule has 0 aromatic heterocycles. The highest BCUT2D eigenvalue weighted by molar-refractivity contribution is 9.09. The fraction of sp³-hybridized carbons (Fsp3) is 0.846. The molecular weight excluding hydrogens is 236 g/mol. The van der Waals surface area contributed by atoms with E-state index in [1.54, 1.807) is 5.57 Å². The van der Waals surface area contributed by atoms with Gasteiger partial charge in [0.1, 0.15) is 0 Å². The predicted octanol–water partition coefficient (Wildman–Crippen LogP) is 4.93. The second kappa shape index (κ2) is 6.66. The molecule has 0 saturated heterocycles. The highest BCUT2D eigenvalue weighted by Gasteiger charge is 2.17. The minimum absolute atomic E-state index is 0.754. The lowest BCUT2D eigenvalue weighted by atomic mass is 9.83. The maximum absolute atomic E-state index is 3.64. The van der Waals surface area contributed by atoms with E-state index in [4.69, 9.17) is 0 Å². The second-order valence-corrected chi connectivity index (χ2v) is 5.16. The molecule has 0 radical (unpaired) electrons. The standard InChI is InChI=1S/C13H23Br/c1-3-11(2)9-13(10-14)12-7-5-4-6-8-12/h9,11-12H,3-8,10H2,1-2H3/b13-9-. The molecule has 0 aromatic rings. The van der Waals surface area contributed by atoms with Crippen molar-refractivity contribution >= 4 is 15.9 Å². The first-order chi connectivity index (χ1) is 6.77. The van der Waals surface area contributed by atoms with Crippen molar-refractivity contribution in [2.45, 2.75) is 52.4 Å². The molecule has 1 fully saturated rings. The molecule has 0 nitrogen and oxygen atoms in total. The van der Waals surface area contributed by atoms with Crippen LogP contribution in [-0.2, 0) is 0 Å². The van der Waals surface area contributed by atoms with Crippen LogP contribution in [-0.4, -0.2) is 5.33 Å². The summed E-state index contributed by atoms with van der Waals surface area (Å²) < 4.78 is 0. The maximum Gasteiger partial charge on any atom is 0.0244 e. The van der Waals surface area contributed by atoms with E-state index in [0.717, 1.165) is 17.2 Å². The number of hydrogen-bond donors (Lipinski definition) is 0. The molecule has 14 heavy (non-hydrogen) atoms. The van der Waals surface area contributed by atoms with Crippen molar-refractivity contribution in [3.8, 4) is 0 Å². The number of hydrogen-bond acceptors (Lipinski definition) is 0. The Balaban J connectivity index is 2.54. The van der Waals surface area contributed by atoms with Gasteiger partial charge >= 0.3 is 0 Å². The summed E-state index contributed by atoms with van der Waals surface area (Å²) in [5.41, 5.74) is 1.67. The summed E-state index contributed by atoms with van der Waals surface area (Å²) >= 11 is 3.64. The summed E-state index contributed by atoms with van der Waals surface area (Å²) in [5.74, 6) is 1.64. The van der Waals surface area contributed by atoms with Gasteiger partial charge in [0.05, 0.1) is 0 Å². The Labute approximate surface area is 97.3 Å². The summed E-state index contributed by atoms with van der Waals surface area (Å²) in [4.78, 5) is 0. The van der Waals surface area contributed by atoms with Gasteiger partial charge in [0.25, 0.3) is 0 Å². The van der Waals surface area contributed by atoms with E-state index in [-0.39, 0.29) is 0 Å². The molecular formula is C13H23Br. The average Bonchev–Trinajstić information content (AvgIpc) is 2.26. The average molecular weight is 259 g/mol. The third kappa shape index (κ3) is 3.76. The Morgan fingerprint density at radius 1 is 1.36 bits per heavy atom. The highest BCUT2D eigenvalue weighted by atomic mass is 79.9. The monoisotopic (exact) mass is 258 g/mol. The number of halogens is 1.